The van der Waals surface area contributed by atoms with Gasteiger partial charge in [-0.05, 0) is 19.1 Å². The van der Waals surface area contributed by atoms with Crippen molar-refractivity contribution in [3.63, 3.8) is 0 Å². The molecular weight excluding hydrogens is 240 g/mol. The third-order valence-electron chi connectivity index (χ3n) is 2.66. The zero-order valence-corrected chi connectivity index (χ0v) is 8.65. The van der Waals surface area contributed by atoms with Crippen molar-refractivity contribution in [2.45, 2.75) is 18.6 Å². The van der Waals surface area contributed by atoms with E-state index < -0.39 is 23.4 Å². The first-order chi connectivity index (χ1) is 7.75. The Morgan fingerprint density at radius 1 is 1.29 bits per heavy atom. The van der Waals surface area contributed by atoms with Crippen LogP contribution in [0.4, 0.5) is 28.9 Å². The molecule has 1 aliphatic rings. The molecule has 17 heavy (non-hydrogen) atoms. The van der Waals surface area contributed by atoms with Crippen LogP contribution in [0.1, 0.15) is 6.92 Å². The maximum Gasteiger partial charge on any atom is 0.420 e. The fourth-order valence-electron chi connectivity index (χ4n) is 1.51. The summed E-state index contributed by atoms with van der Waals surface area (Å²) in [5, 5.41) is 3.96. The Hall–Kier alpha value is -1.79. The predicted octanol–water partition coefficient (Wildman–Crippen LogP) is 2.51. The number of carbonyl (C=O) groups is 1. The number of hydrogen-bond donors (Lipinski definition) is 2. The van der Waals surface area contributed by atoms with Gasteiger partial charge in [0.05, 0.1) is 11.4 Å². The molecule has 2 rings (SSSR count). The summed E-state index contributed by atoms with van der Waals surface area (Å²) in [6.07, 6.45) is -4.82. The number of amides is 1. The van der Waals surface area contributed by atoms with E-state index in [1.165, 1.54) is 12.1 Å². The van der Waals surface area contributed by atoms with E-state index in [0.717, 1.165) is 6.07 Å². The second kappa shape index (κ2) is 3.35. The van der Waals surface area contributed by atoms with E-state index in [9.17, 15) is 22.4 Å². The third-order valence-corrected chi connectivity index (χ3v) is 2.66. The van der Waals surface area contributed by atoms with Gasteiger partial charge in [-0.2, -0.15) is 13.2 Å². The molecule has 7 heteroatoms. The number of alkyl halides is 3. The molecule has 2 N–H and O–H groups in total. The molecule has 1 amide bonds. The topological polar surface area (TPSA) is 41.1 Å². The maximum atomic E-state index is 13.3. The summed E-state index contributed by atoms with van der Waals surface area (Å²) >= 11 is 0. The fraction of sp³-hybridized carbons (Fsp3) is 0.300. The van der Waals surface area contributed by atoms with Crippen LogP contribution in [0.5, 0.6) is 0 Å². The largest absolute Gasteiger partial charge is 0.420 e. The maximum absolute atomic E-state index is 13.3. The van der Waals surface area contributed by atoms with E-state index in [1.54, 1.807) is 0 Å². The van der Waals surface area contributed by atoms with E-state index in [1.807, 2.05) is 10.6 Å². The highest BCUT2D eigenvalue weighted by Gasteiger charge is 2.59. The zero-order valence-electron chi connectivity index (χ0n) is 8.65. The minimum atomic E-state index is -4.82. The van der Waals surface area contributed by atoms with Gasteiger partial charge in [0.2, 0.25) is 5.54 Å². The van der Waals surface area contributed by atoms with Crippen LogP contribution in [0.2, 0.25) is 0 Å². The van der Waals surface area contributed by atoms with Gasteiger partial charge in [-0.1, -0.05) is 6.07 Å². The number of para-hydroxylation sites is 1. The van der Waals surface area contributed by atoms with Crippen LogP contribution in [0.15, 0.2) is 18.2 Å². The van der Waals surface area contributed by atoms with Crippen molar-refractivity contribution in [3.8, 4) is 0 Å². The van der Waals surface area contributed by atoms with E-state index in [4.69, 9.17) is 0 Å². The van der Waals surface area contributed by atoms with Crippen LogP contribution < -0.4 is 10.6 Å². The highest BCUT2D eigenvalue weighted by molar-refractivity contribution is 6.06. The van der Waals surface area contributed by atoms with E-state index in [2.05, 4.69) is 0 Å². The molecule has 0 radical (unpaired) electrons. The average Bonchev–Trinajstić information content (AvgIpc) is 2.20. The van der Waals surface area contributed by atoms with Gasteiger partial charge in [0.1, 0.15) is 5.82 Å². The van der Waals surface area contributed by atoms with Crippen LogP contribution in [0, 0.1) is 5.82 Å². The van der Waals surface area contributed by atoms with E-state index in [0.29, 0.717) is 6.92 Å². The van der Waals surface area contributed by atoms with Crippen molar-refractivity contribution in [1.29, 1.82) is 0 Å². The minimum absolute atomic E-state index is 0.00303. The molecule has 0 fully saturated rings. The number of hydrogen-bond acceptors (Lipinski definition) is 2. The number of anilines is 2. The van der Waals surface area contributed by atoms with Crippen molar-refractivity contribution in [2.75, 3.05) is 10.6 Å². The third kappa shape index (κ3) is 1.62. The molecule has 1 heterocycles. The van der Waals surface area contributed by atoms with Crippen molar-refractivity contribution < 1.29 is 22.4 Å². The Balaban J connectivity index is 2.52. The van der Waals surface area contributed by atoms with Crippen LogP contribution in [0.25, 0.3) is 0 Å². The minimum Gasteiger partial charge on any atom is -0.360 e. The number of carbonyl (C=O) groups excluding carboxylic acids is 1. The van der Waals surface area contributed by atoms with Crippen molar-refractivity contribution >= 4 is 17.3 Å². The first kappa shape index (κ1) is 11.7. The van der Waals surface area contributed by atoms with Gasteiger partial charge in [-0.25, -0.2) is 4.39 Å². The molecule has 0 aromatic heterocycles. The SMILES string of the molecule is CC1(C(F)(F)F)Nc2c(F)cccc2NC1=O. The summed E-state index contributed by atoms with van der Waals surface area (Å²) in [7, 11) is 0. The van der Waals surface area contributed by atoms with E-state index in [-0.39, 0.29) is 11.4 Å². The molecule has 0 aliphatic carbocycles. The molecule has 0 spiro atoms. The number of halogens is 4. The fourth-order valence-corrected chi connectivity index (χ4v) is 1.51. The van der Waals surface area contributed by atoms with E-state index >= 15 is 0 Å². The molecule has 1 aromatic rings. The Kier molecular flexibility index (Phi) is 2.30. The van der Waals surface area contributed by atoms with Crippen LogP contribution in [0.3, 0.4) is 0 Å². The molecule has 0 bridgehead atoms. The van der Waals surface area contributed by atoms with Gasteiger partial charge in [-0.15, -0.1) is 0 Å². The normalized spacial score (nSPS) is 23.7. The van der Waals surface area contributed by atoms with Gasteiger partial charge < -0.3 is 10.6 Å². The predicted molar refractivity (Wildman–Crippen MR) is 53.1 cm³/mol. The Morgan fingerprint density at radius 2 is 1.94 bits per heavy atom. The van der Waals surface area contributed by atoms with Gasteiger partial charge in [-0.3, -0.25) is 4.79 Å². The second-order valence-electron chi connectivity index (χ2n) is 3.86. The first-order valence-corrected chi connectivity index (χ1v) is 4.70. The lowest BCUT2D eigenvalue weighted by molar-refractivity contribution is -0.179. The second-order valence-corrected chi connectivity index (χ2v) is 3.86. The lowest BCUT2D eigenvalue weighted by Crippen LogP contribution is -2.60. The smallest absolute Gasteiger partial charge is 0.360 e. The number of rotatable bonds is 0. The Labute approximate surface area is 93.8 Å². The molecule has 1 atom stereocenters. The summed E-state index contributed by atoms with van der Waals surface area (Å²) in [5.74, 6) is -2.11. The van der Waals surface area contributed by atoms with Crippen molar-refractivity contribution in [2.24, 2.45) is 0 Å². The molecule has 1 aromatic carbocycles. The highest BCUT2D eigenvalue weighted by Crippen LogP contribution is 2.40. The summed E-state index contributed by atoms with van der Waals surface area (Å²) < 4.78 is 51.6. The Morgan fingerprint density at radius 3 is 2.53 bits per heavy atom. The molecule has 1 aliphatic heterocycles. The first-order valence-electron chi connectivity index (χ1n) is 4.70. The molecule has 92 valence electrons. The van der Waals surface area contributed by atoms with Crippen LogP contribution >= 0.6 is 0 Å². The van der Waals surface area contributed by atoms with Gasteiger partial charge >= 0.3 is 6.18 Å². The molecule has 0 saturated heterocycles. The highest BCUT2D eigenvalue weighted by atomic mass is 19.4. The van der Waals surface area contributed by atoms with Crippen LogP contribution in [-0.4, -0.2) is 17.6 Å². The number of benzene rings is 1. The van der Waals surface area contributed by atoms with Crippen molar-refractivity contribution in [3.05, 3.63) is 24.0 Å². The van der Waals surface area contributed by atoms with Crippen LogP contribution in [-0.2, 0) is 4.79 Å². The quantitative estimate of drug-likeness (QED) is 0.692. The summed E-state index contributed by atoms with van der Waals surface area (Å²) in [5.41, 5.74) is -3.19. The summed E-state index contributed by atoms with van der Waals surface area (Å²) in [6.45, 7) is 0.664. The zero-order chi connectivity index (χ0) is 12.8. The van der Waals surface area contributed by atoms with Gasteiger partial charge in [0.15, 0.2) is 0 Å². The van der Waals surface area contributed by atoms with Gasteiger partial charge in [0.25, 0.3) is 5.91 Å². The lowest BCUT2D eigenvalue weighted by Gasteiger charge is -2.36. The number of nitrogens with one attached hydrogen (secondary N) is 2. The monoisotopic (exact) mass is 248 g/mol. The summed E-state index contributed by atoms with van der Waals surface area (Å²) in [6, 6.07) is 3.63. The molecule has 1 unspecified atom stereocenters. The molecular formula is C10H8F4N2O. The Bertz CT molecular complexity index is 486. The van der Waals surface area contributed by atoms with Crippen molar-refractivity contribution in [1.82, 2.24) is 0 Å². The molecule has 0 saturated carbocycles. The van der Waals surface area contributed by atoms with Gasteiger partial charge in [0, 0.05) is 0 Å². The molecule has 3 nitrogen and oxygen atoms in total. The standard InChI is InChI=1S/C10H8F4N2O/c1-9(10(12,13)14)8(17)15-6-4-2-3-5(11)7(6)16-9/h2-4,16H,1H3,(H,15,17). The average molecular weight is 248 g/mol. The number of fused-ring (bicyclic) bond motifs is 1. The lowest BCUT2D eigenvalue weighted by atomic mass is 9.96. The summed E-state index contributed by atoms with van der Waals surface area (Å²) in [4.78, 5) is 11.4.